The molecule has 1 saturated heterocycles. The second-order valence-electron chi connectivity index (χ2n) is 7.27. The van der Waals surface area contributed by atoms with Gasteiger partial charge in [-0.05, 0) is 49.9 Å². The Morgan fingerprint density at radius 1 is 1.26 bits per heavy atom. The summed E-state index contributed by atoms with van der Waals surface area (Å²) in [4.78, 5) is 14.4. The van der Waals surface area contributed by atoms with Crippen LogP contribution in [0, 0.1) is 17.2 Å². The van der Waals surface area contributed by atoms with E-state index in [2.05, 4.69) is 11.4 Å². The van der Waals surface area contributed by atoms with Crippen LogP contribution < -0.4 is 5.32 Å². The fourth-order valence-corrected chi connectivity index (χ4v) is 4.85. The van der Waals surface area contributed by atoms with Crippen LogP contribution in [0.5, 0.6) is 0 Å². The van der Waals surface area contributed by atoms with Gasteiger partial charge in [0.15, 0.2) is 0 Å². The summed E-state index contributed by atoms with van der Waals surface area (Å²) in [6.07, 6.45) is 1.93. The number of nitrogens with one attached hydrogen (secondary N) is 1. The molecule has 1 aromatic carbocycles. The van der Waals surface area contributed by atoms with Crippen molar-refractivity contribution in [3.63, 3.8) is 0 Å². The van der Waals surface area contributed by atoms with Crippen molar-refractivity contribution in [3.8, 4) is 6.07 Å². The van der Waals surface area contributed by atoms with E-state index >= 15 is 0 Å². The van der Waals surface area contributed by atoms with Crippen LogP contribution in [0.25, 0.3) is 0 Å². The number of halogens is 1. The van der Waals surface area contributed by atoms with E-state index in [9.17, 15) is 18.5 Å². The van der Waals surface area contributed by atoms with Crippen molar-refractivity contribution in [2.45, 2.75) is 30.2 Å². The summed E-state index contributed by atoms with van der Waals surface area (Å²) in [5, 5.41) is 12.7. The fraction of sp³-hybridized carbons (Fsp3) is 0.556. The third-order valence-electron chi connectivity index (χ3n) is 5.18. The lowest BCUT2D eigenvalue weighted by atomic mass is 9.98. The first-order chi connectivity index (χ1) is 12.7. The molecular weight excluding hydrogens is 388 g/mol. The summed E-state index contributed by atoms with van der Waals surface area (Å²) in [6.45, 7) is 3.49. The Hall–Kier alpha value is -1.66. The SMILES string of the molecule is C[C@](C#N)(NC(=O)CN1CCN(S(=O)(=O)c2ccc(Cl)cc2)CC1)C1CC1. The zero-order chi connectivity index (χ0) is 19.7. The molecule has 27 heavy (non-hydrogen) atoms. The fourth-order valence-electron chi connectivity index (χ4n) is 3.30. The predicted octanol–water partition coefficient (Wildman–Crippen LogP) is 1.45. The molecule has 2 fully saturated rings. The maximum absolute atomic E-state index is 12.7. The minimum absolute atomic E-state index is 0.165. The van der Waals surface area contributed by atoms with Crippen molar-refractivity contribution >= 4 is 27.5 Å². The number of carbonyl (C=O) groups is 1. The van der Waals surface area contributed by atoms with E-state index in [0.717, 1.165) is 12.8 Å². The molecule has 1 heterocycles. The summed E-state index contributed by atoms with van der Waals surface area (Å²) in [5.41, 5.74) is -0.809. The maximum Gasteiger partial charge on any atom is 0.243 e. The number of sulfonamides is 1. The lowest BCUT2D eigenvalue weighted by molar-refractivity contribution is -0.123. The molecule has 1 aliphatic heterocycles. The normalized spacial score (nSPS) is 21.2. The highest BCUT2D eigenvalue weighted by Crippen LogP contribution is 2.39. The number of carbonyl (C=O) groups excluding carboxylic acids is 1. The molecule has 3 rings (SSSR count). The van der Waals surface area contributed by atoms with Gasteiger partial charge in [0.25, 0.3) is 0 Å². The molecule has 0 radical (unpaired) electrons. The molecular formula is C18H23ClN4O3S. The van der Waals surface area contributed by atoms with Crippen molar-refractivity contribution in [1.82, 2.24) is 14.5 Å². The molecule has 1 aliphatic carbocycles. The van der Waals surface area contributed by atoms with Crippen LogP contribution in [0.15, 0.2) is 29.2 Å². The van der Waals surface area contributed by atoms with Crippen LogP contribution >= 0.6 is 11.6 Å². The van der Waals surface area contributed by atoms with Gasteiger partial charge in [-0.2, -0.15) is 9.57 Å². The summed E-state index contributed by atoms with van der Waals surface area (Å²) in [7, 11) is -3.56. The highest BCUT2D eigenvalue weighted by Gasteiger charge is 2.43. The van der Waals surface area contributed by atoms with Crippen LogP contribution in [-0.2, 0) is 14.8 Å². The van der Waals surface area contributed by atoms with E-state index in [4.69, 9.17) is 11.6 Å². The van der Waals surface area contributed by atoms with Gasteiger partial charge in [0.05, 0.1) is 17.5 Å². The number of benzene rings is 1. The van der Waals surface area contributed by atoms with Gasteiger partial charge < -0.3 is 5.32 Å². The van der Waals surface area contributed by atoms with Gasteiger partial charge in [0, 0.05) is 31.2 Å². The number of nitrogens with zero attached hydrogens (tertiary/aromatic N) is 3. The van der Waals surface area contributed by atoms with Crippen molar-refractivity contribution in [1.29, 1.82) is 5.26 Å². The van der Waals surface area contributed by atoms with Gasteiger partial charge in [-0.1, -0.05) is 11.6 Å². The first kappa shape index (κ1) is 20.1. The van der Waals surface area contributed by atoms with Crippen molar-refractivity contribution < 1.29 is 13.2 Å². The Morgan fingerprint density at radius 3 is 2.37 bits per heavy atom. The van der Waals surface area contributed by atoms with Gasteiger partial charge in [-0.25, -0.2) is 8.42 Å². The number of hydrogen-bond acceptors (Lipinski definition) is 5. The van der Waals surface area contributed by atoms with E-state index in [1.165, 1.54) is 16.4 Å². The molecule has 1 saturated carbocycles. The van der Waals surface area contributed by atoms with Crippen LogP contribution in [0.3, 0.4) is 0 Å². The molecule has 0 aromatic heterocycles. The molecule has 1 amide bonds. The molecule has 2 aliphatic rings. The molecule has 146 valence electrons. The molecule has 1 aromatic rings. The zero-order valence-electron chi connectivity index (χ0n) is 15.2. The predicted molar refractivity (Wildman–Crippen MR) is 102 cm³/mol. The Morgan fingerprint density at radius 2 is 1.85 bits per heavy atom. The van der Waals surface area contributed by atoms with Crippen LogP contribution in [0.1, 0.15) is 19.8 Å². The van der Waals surface area contributed by atoms with Crippen molar-refractivity contribution in [3.05, 3.63) is 29.3 Å². The third kappa shape index (κ3) is 4.61. The molecule has 7 nitrogen and oxygen atoms in total. The molecule has 1 N–H and O–H groups in total. The zero-order valence-corrected chi connectivity index (χ0v) is 16.8. The topological polar surface area (TPSA) is 93.5 Å². The Kier molecular flexibility index (Phi) is 5.77. The third-order valence-corrected chi connectivity index (χ3v) is 7.34. The van der Waals surface area contributed by atoms with Crippen LogP contribution in [0.4, 0.5) is 0 Å². The average Bonchev–Trinajstić information content (AvgIpc) is 3.48. The highest BCUT2D eigenvalue weighted by atomic mass is 35.5. The minimum atomic E-state index is -3.56. The van der Waals surface area contributed by atoms with Crippen LogP contribution in [-0.4, -0.2) is 61.8 Å². The monoisotopic (exact) mass is 410 g/mol. The average molecular weight is 411 g/mol. The first-order valence-electron chi connectivity index (χ1n) is 8.95. The molecule has 9 heteroatoms. The minimum Gasteiger partial charge on any atom is -0.337 e. The van der Waals surface area contributed by atoms with E-state index < -0.39 is 15.6 Å². The van der Waals surface area contributed by atoms with Gasteiger partial charge in [0.1, 0.15) is 5.54 Å². The van der Waals surface area contributed by atoms with E-state index in [1.807, 2.05) is 4.90 Å². The van der Waals surface area contributed by atoms with E-state index in [0.29, 0.717) is 31.2 Å². The lowest BCUT2D eigenvalue weighted by Gasteiger charge is -2.34. The van der Waals surface area contributed by atoms with E-state index in [1.54, 1.807) is 19.1 Å². The number of amides is 1. The van der Waals surface area contributed by atoms with E-state index in [-0.39, 0.29) is 23.3 Å². The first-order valence-corrected chi connectivity index (χ1v) is 10.8. The maximum atomic E-state index is 12.7. The molecule has 0 bridgehead atoms. The number of piperazine rings is 1. The van der Waals surface area contributed by atoms with Crippen molar-refractivity contribution in [2.24, 2.45) is 5.92 Å². The standard InChI is InChI=1S/C18H23ClN4O3S/c1-18(13-20,14-2-3-14)21-17(24)12-22-8-10-23(11-9-22)27(25,26)16-6-4-15(19)5-7-16/h4-7,14H,2-3,8-12H2,1H3,(H,21,24)/t18-/m1/s1. The highest BCUT2D eigenvalue weighted by molar-refractivity contribution is 7.89. The van der Waals surface area contributed by atoms with Gasteiger partial charge in [-0.15, -0.1) is 0 Å². The van der Waals surface area contributed by atoms with Gasteiger partial charge in [0.2, 0.25) is 15.9 Å². The number of hydrogen-bond donors (Lipinski definition) is 1. The summed E-state index contributed by atoms with van der Waals surface area (Å²) in [5.74, 6) is 0.0350. The number of nitriles is 1. The van der Waals surface area contributed by atoms with Crippen LogP contribution in [0.2, 0.25) is 5.02 Å². The molecule has 1 atom stereocenters. The lowest BCUT2D eigenvalue weighted by Crippen LogP contribution is -2.54. The summed E-state index contributed by atoms with van der Waals surface area (Å²) < 4.78 is 26.8. The second-order valence-corrected chi connectivity index (χ2v) is 9.65. The second kappa shape index (κ2) is 7.76. The quantitative estimate of drug-likeness (QED) is 0.766. The Bertz CT molecular complexity index is 840. The van der Waals surface area contributed by atoms with Gasteiger partial charge in [-0.3, -0.25) is 9.69 Å². The Balaban J connectivity index is 1.53. The van der Waals surface area contributed by atoms with Gasteiger partial charge >= 0.3 is 0 Å². The summed E-state index contributed by atoms with van der Waals surface area (Å²) >= 11 is 5.82. The Labute approximate surface area is 164 Å². The molecule has 0 unspecified atom stereocenters. The smallest absolute Gasteiger partial charge is 0.243 e. The number of rotatable bonds is 6. The largest absolute Gasteiger partial charge is 0.337 e. The summed E-state index contributed by atoms with van der Waals surface area (Å²) in [6, 6.07) is 8.32. The van der Waals surface area contributed by atoms with Crippen molar-refractivity contribution in [2.75, 3.05) is 32.7 Å². The molecule has 0 spiro atoms.